The Balaban J connectivity index is 2.25. The number of hydrogen-bond acceptors (Lipinski definition) is 2. The fraction of sp³-hybridized carbons (Fsp3) is 0.250. The van der Waals surface area contributed by atoms with E-state index in [-0.39, 0.29) is 5.82 Å². The fourth-order valence-electron chi connectivity index (χ4n) is 2.25. The van der Waals surface area contributed by atoms with Crippen molar-refractivity contribution in [2.24, 2.45) is 0 Å². The number of hydrogen-bond donors (Lipinski definition) is 1. The number of halogens is 2. The Morgan fingerprint density at radius 1 is 1.20 bits per heavy atom. The molecular weight excluding hydrogens is 275 g/mol. The Bertz CT molecular complexity index is 586. The number of nitrogens with one attached hydrogen (secondary N) is 1. The Morgan fingerprint density at radius 3 is 2.65 bits per heavy atom. The van der Waals surface area contributed by atoms with Gasteiger partial charge in [0.05, 0.1) is 0 Å². The molecule has 0 saturated heterocycles. The normalized spacial score (nSPS) is 10.6. The molecule has 0 amide bonds. The maximum absolute atomic E-state index is 13.9. The zero-order chi connectivity index (χ0) is 14.5. The second-order valence-electron chi connectivity index (χ2n) is 4.75. The number of rotatable bonds is 5. The van der Waals surface area contributed by atoms with Crippen molar-refractivity contribution < 1.29 is 4.39 Å². The second-order valence-corrected chi connectivity index (χ2v) is 5.19. The summed E-state index contributed by atoms with van der Waals surface area (Å²) in [6, 6.07) is 12.9. The van der Waals surface area contributed by atoms with Gasteiger partial charge in [-0.2, -0.15) is 0 Å². The van der Waals surface area contributed by atoms with Crippen LogP contribution in [-0.2, 0) is 13.1 Å². The summed E-state index contributed by atoms with van der Waals surface area (Å²) >= 11 is 5.99. The standard InChI is InChI=1S/C16H18ClFN2/c1-19-10-14-15(18)7-4-8-16(14)20(2)11-12-5-3-6-13(17)9-12/h3-9,19H,10-11H2,1-2H3. The highest BCUT2D eigenvalue weighted by Crippen LogP contribution is 2.24. The number of anilines is 1. The van der Waals surface area contributed by atoms with Crippen molar-refractivity contribution >= 4 is 17.3 Å². The highest BCUT2D eigenvalue weighted by molar-refractivity contribution is 6.30. The van der Waals surface area contributed by atoms with Crippen LogP contribution in [0.5, 0.6) is 0 Å². The first kappa shape index (κ1) is 14.8. The first-order valence-corrected chi connectivity index (χ1v) is 6.87. The zero-order valence-electron chi connectivity index (χ0n) is 11.7. The Labute approximate surface area is 124 Å². The molecule has 0 aliphatic heterocycles. The molecule has 0 saturated carbocycles. The predicted octanol–water partition coefficient (Wildman–Crippen LogP) is 3.83. The Hall–Kier alpha value is -1.58. The lowest BCUT2D eigenvalue weighted by Crippen LogP contribution is -2.20. The monoisotopic (exact) mass is 292 g/mol. The van der Waals surface area contributed by atoms with Gasteiger partial charge in [0.1, 0.15) is 5.82 Å². The molecule has 2 aromatic rings. The SMILES string of the molecule is CNCc1c(F)cccc1N(C)Cc1cccc(Cl)c1. The van der Waals surface area contributed by atoms with E-state index < -0.39 is 0 Å². The van der Waals surface area contributed by atoms with Crippen LogP contribution in [0.25, 0.3) is 0 Å². The number of benzene rings is 2. The van der Waals surface area contributed by atoms with Gasteiger partial charge in [-0.3, -0.25) is 0 Å². The number of nitrogens with zero attached hydrogens (tertiary/aromatic N) is 1. The van der Waals surface area contributed by atoms with Crippen molar-refractivity contribution in [3.8, 4) is 0 Å². The molecule has 0 aliphatic carbocycles. The lowest BCUT2D eigenvalue weighted by molar-refractivity contribution is 0.599. The van der Waals surface area contributed by atoms with Gasteiger partial charge in [0, 0.05) is 36.4 Å². The summed E-state index contributed by atoms with van der Waals surface area (Å²) in [6.45, 7) is 1.18. The lowest BCUT2D eigenvalue weighted by Gasteiger charge is -2.23. The van der Waals surface area contributed by atoms with Crippen molar-refractivity contribution in [3.05, 3.63) is 64.4 Å². The second kappa shape index (κ2) is 6.73. The van der Waals surface area contributed by atoms with Gasteiger partial charge in [0.25, 0.3) is 0 Å². The third-order valence-electron chi connectivity index (χ3n) is 3.17. The molecule has 106 valence electrons. The van der Waals surface area contributed by atoms with Gasteiger partial charge in [0.2, 0.25) is 0 Å². The topological polar surface area (TPSA) is 15.3 Å². The summed E-state index contributed by atoms with van der Waals surface area (Å²) < 4.78 is 13.9. The molecule has 0 heterocycles. The van der Waals surface area contributed by atoms with Gasteiger partial charge in [0.15, 0.2) is 0 Å². The Kier molecular flexibility index (Phi) is 4.99. The molecule has 20 heavy (non-hydrogen) atoms. The molecule has 4 heteroatoms. The molecule has 0 fully saturated rings. The molecule has 2 aromatic carbocycles. The van der Waals surface area contributed by atoms with Crippen LogP contribution >= 0.6 is 11.6 Å². The van der Waals surface area contributed by atoms with Crippen LogP contribution in [0, 0.1) is 5.82 Å². The summed E-state index contributed by atoms with van der Waals surface area (Å²) in [4.78, 5) is 2.03. The van der Waals surface area contributed by atoms with E-state index in [9.17, 15) is 4.39 Å². The van der Waals surface area contributed by atoms with Gasteiger partial charge in [-0.1, -0.05) is 29.8 Å². The molecule has 2 rings (SSSR count). The van der Waals surface area contributed by atoms with Crippen molar-refractivity contribution in [2.45, 2.75) is 13.1 Å². The quantitative estimate of drug-likeness (QED) is 0.901. The zero-order valence-corrected chi connectivity index (χ0v) is 12.4. The lowest BCUT2D eigenvalue weighted by atomic mass is 10.1. The highest BCUT2D eigenvalue weighted by Gasteiger charge is 2.11. The molecule has 0 aliphatic rings. The molecule has 0 atom stereocenters. The average molecular weight is 293 g/mol. The van der Waals surface area contributed by atoms with Crippen LogP contribution in [-0.4, -0.2) is 14.1 Å². The third-order valence-corrected chi connectivity index (χ3v) is 3.40. The minimum Gasteiger partial charge on any atom is -0.370 e. The van der Waals surface area contributed by atoms with E-state index in [0.717, 1.165) is 11.3 Å². The van der Waals surface area contributed by atoms with E-state index in [1.807, 2.05) is 49.3 Å². The maximum Gasteiger partial charge on any atom is 0.129 e. The smallest absolute Gasteiger partial charge is 0.129 e. The molecule has 0 radical (unpaired) electrons. The van der Waals surface area contributed by atoms with E-state index in [1.54, 1.807) is 6.07 Å². The third kappa shape index (κ3) is 3.50. The van der Waals surface area contributed by atoms with E-state index in [0.29, 0.717) is 23.7 Å². The van der Waals surface area contributed by atoms with Gasteiger partial charge in [-0.25, -0.2) is 4.39 Å². The van der Waals surface area contributed by atoms with Crippen molar-refractivity contribution in [1.82, 2.24) is 5.32 Å². The van der Waals surface area contributed by atoms with E-state index in [1.165, 1.54) is 6.07 Å². The van der Waals surface area contributed by atoms with Crippen LogP contribution < -0.4 is 10.2 Å². The van der Waals surface area contributed by atoms with E-state index in [4.69, 9.17) is 11.6 Å². The van der Waals surface area contributed by atoms with Crippen LogP contribution in [0.15, 0.2) is 42.5 Å². The van der Waals surface area contributed by atoms with Gasteiger partial charge in [-0.05, 0) is 36.9 Å². The first-order valence-electron chi connectivity index (χ1n) is 6.49. The minimum absolute atomic E-state index is 0.185. The Morgan fingerprint density at radius 2 is 1.95 bits per heavy atom. The summed E-state index contributed by atoms with van der Waals surface area (Å²) in [5, 5.41) is 3.72. The van der Waals surface area contributed by atoms with Crippen LogP contribution in [0.1, 0.15) is 11.1 Å². The summed E-state index contributed by atoms with van der Waals surface area (Å²) in [7, 11) is 3.77. The maximum atomic E-state index is 13.9. The summed E-state index contributed by atoms with van der Waals surface area (Å²) in [5.74, 6) is -0.185. The van der Waals surface area contributed by atoms with Crippen molar-refractivity contribution in [2.75, 3.05) is 19.0 Å². The van der Waals surface area contributed by atoms with Crippen molar-refractivity contribution in [1.29, 1.82) is 0 Å². The van der Waals surface area contributed by atoms with Crippen LogP contribution in [0.2, 0.25) is 5.02 Å². The first-order chi connectivity index (χ1) is 9.61. The molecule has 0 bridgehead atoms. The van der Waals surface area contributed by atoms with Crippen molar-refractivity contribution in [3.63, 3.8) is 0 Å². The molecule has 2 nitrogen and oxygen atoms in total. The fourth-order valence-corrected chi connectivity index (χ4v) is 2.46. The van der Waals surface area contributed by atoms with Crippen LogP contribution in [0.3, 0.4) is 0 Å². The molecule has 1 N–H and O–H groups in total. The largest absolute Gasteiger partial charge is 0.370 e. The summed E-state index contributed by atoms with van der Waals surface area (Å²) in [5.41, 5.74) is 2.67. The van der Waals surface area contributed by atoms with Gasteiger partial charge >= 0.3 is 0 Å². The molecule has 0 aromatic heterocycles. The van der Waals surface area contributed by atoms with Gasteiger partial charge in [-0.15, -0.1) is 0 Å². The van der Waals surface area contributed by atoms with Crippen LogP contribution in [0.4, 0.5) is 10.1 Å². The minimum atomic E-state index is -0.185. The molecule has 0 spiro atoms. The van der Waals surface area contributed by atoms with Gasteiger partial charge < -0.3 is 10.2 Å². The molecular formula is C16H18ClFN2. The van der Waals surface area contributed by atoms with E-state index in [2.05, 4.69) is 5.32 Å². The van der Waals surface area contributed by atoms with E-state index >= 15 is 0 Å². The summed E-state index contributed by atoms with van der Waals surface area (Å²) in [6.07, 6.45) is 0. The highest BCUT2D eigenvalue weighted by atomic mass is 35.5. The predicted molar refractivity (Wildman–Crippen MR) is 82.7 cm³/mol. The average Bonchev–Trinajstić information content (AvgIpc) is 2.41. The molecule has 0 unspecified atom stereocenters.